The van der Waals surface area contributed by atoms with E-state index in [2.05, 4.69) is 0 Å². The van der Waals surface area contributed by atoms with Gasteiger partial charge in [-0.1, -0.05) is 0 Å². The molecular weight excluding hydrogens is 178 g/mol. The first-order valence-corrected chi connectivity index (χ1v) is 4.11. The zero-order chi connectivity index (χ0) is 10.0. The maximum absolute atomic E-state index is 9.39. The molecule has 0 amide bonds. The molecule has 0 spiro atoms. The van der Waals surface area contributed by atoms with E-state index in [9.17, 15) is 15.3 Å². The first-order chi connectivity index (χ1) is 6.11. The summed E-state index contributed by atoms with van der Waals surface area (Å²) < 4.78 is 0. The van der Waals surface area contributed by atoms with Gasteiger partial charge < -0.3 is 25.5 Å². The van der Waals surface area contributed by atoms with E-state index in [0.717, 1.165) is 0 Å². The van der Waals surface area contributed by atoms with Crippen LogP contribution in [0.15, 0.2) is 0 Å². The summed E-state index contributed by atoms with van der Waals surface area (Å²) in [5.41, 5.74) is 0. The molecule has 6 heteroatoms. The fourth-order valence-corrected chi connectivity index (χ4v) is 1.54. The van der Waals surface area contributed by atoms with Gasteiger partial charge in [-0.2, -0.15) is 0 Å². The van der Waals surface area contributed by atoms with Gasteiger partial charge in [-0.25, -0.2) is 0 Å². The minimum Gasteiger partial charge on any atom is -0.395 e. The van der Waals surface area contributed by atoms with E-state index >= 15 is 0 Å². The Hall–Kier alpha value is -0.240. The van der Waals surface area contributed by atoms with Crippen molar-refractivity contribution in [3.05, 3.63) is 0 Å². The van der Waals surface area contributed by atoms with Gasteiger partial charge in [0.15, 0.2) is 0 Å². The van der Waals surface area contributed by atoms with E-state index in [1.54, 1.807) is 0 Å². The van der Waals surface area contributed by atoms with Crippen LogP contribution in [0.5, 0.6) is 0 Å². The van der Waals surface area contributed by atoms with Crippen molar-refractivity contribution >= 4 is 0 Å². The Bertz CT molecular complexity index is 165. The van der Waals surface area contributed by atoms with Crippen molar-refractivity contribution in [2.24, 2.45) is 0 Å². The summed E-state index contributed by atoms with van der Waals surface area (Å²) in [5, 5.41) is 45.5. The van der Waals surface area contributed by atoms with Gasteiger partial charge in [-0.15, -0.1) is 0 Å². The van der Waals surface area contributed by atoms with Crippen LogP contribution in [-0.4, -0.2) is 74.7 Å². The average Bonchev–Trinajstić information content (AvgIpc) is 2.13. The predicted molar refractivity (Wildman–Crippen MR) is 42.7 cm³/mol. The number of nitrogens with zero attached hydrogens (tertiary/aromatic N) is 1. The Labute approximate surface area is 75.7 Å². The SMILES string of the molecule is OCC1C(O)C(O)C(O)CN1CO. The second kappa shape index (κ2) is 4.32. The molecule has 0 aromatic heterocycles. The topological polar surface area (TPSA) is 104 Å². The number of aliphatic hydroxyl groups is 5. The number of hydrogen-bond donors (Lipinski definition) is 5. The number of hydrogen-bond acceptors (Lipinski definition) is 6. The monoisotopic (exact) mass is 193 g/mol. The van der Waals surface area contributed by atoms with E-state index in [4.69, 9.17) is 10.2 Å². The highest BCUT2D eigenvalue weighted by atomic mass is 16.4. The van der Waals surface area contributed by atoms with Gasteiger partial charge in [-0.05, 0) is 0 Å². The fourth-order valence-electron chi connectivity index (χ4n) is 1.54. The van der Waals surface area contributed by atoms with Gasteiger partial charge in [0.2, 0.25) is 0 Å². The highest BCUT2D eigenvalue weighted by Crippen LogP contribution is 2.17. The van der Waals surface area contributed by atoms with Crippen molar-refractivity contribution in [1.29, 1.82) is 0 Å². The lowest BCUT2D eigenvalue weighted by Crippen LogP contribution is -2.62. The molecule has 1 fully saturated rings. The van der Waals surface area contributed by atoms with E-state index in [1.165, 1.54) is 4.90 Å². The summed E-state index contributed by atoms with van der Waals surface area (Å²) in [6.45, 7) is -0.697. The summed E-state index contributed by atoms with van der Waals surface area (Å²) in [5.74, 6) is 0. The molecule has 0 bridgehead atoms. The van der Waals surface area contributed by atoms with Crippen LogP contribution in [0.1, 0.15) is 0 Å². The number of rotatable bonds is 2. The minimum absolute atomic E-state index is 0.0416. The maximum Gasteiger partial charge on any atom is 0.109 e. The molecule has 0 aliphatic carbocycles. The molecule has 0 aromatic rings. The molecule has 0 aromatic carbocycles. The van der Waals surface area contributed by atoms with Crippen molar-refractivity contribution in [3.8, 4) is 0 Å². The van der Waals surface area contributed by atoms with Crippen LogP contribution >= 0.6 is 0 Å². The standard InChI is InChI=1S/C7H15NO5/c9-2-4-6(12)7(13)5(11)1-8(4)3-10/h4-7,9-13H,1-3H2. The molecule has 78 valence electrons. The Morgan fingerprint density at radius 2 is 1.69 bits per heavy atom. The number of piperidine rings is 1. The lowest BCUT2D eigenvalue weighted by atomic mass is 9.95. The van der Waals surface area contributed by atoms with Gasteiger partial charge in [0.25, 0.3) is 0 Å². The molecule has 0 radical (unpaired) electrons. The lowest BCUT2D eigenvalue weighted by Gasteiger charge is -2.41. The molecular formula is C7H15NO5. The molecule has 1 rings (SSSR count). The molecule has 1 aliphatic heterocycles. The van der Waals surface area contributed by atoms with Crippen molar-refractivity contribution in [1.82, 2.24) is 4.90 Å². The first kappa shape index (κ1) is 10.8. The molecule has 5 N–H and O–H groups in total. The van der Waals surface area contributed by atoms with Crippen molar-refractivity contribution in [3.63, 3.8) is 0 Å². The van der Waals surface area contributed by atoms with Gasteiger partial charge in [0.1, 0.15) is 12.2 Å². The Balaban J connectivity index is 2.69. The van der Waals surface area contributed by atoms with Crippen LogP contribution in [0.4, 0.5) is 0 Å². The van der Waals surface area contributed by atoms with Gasteiger partial charge in [0, 0.05) is 6.54 Å². The summed E-state index contributed by atoms with van der Waals surface area (Å²) in [6, 6.07) is -0.719. The first-order valence-electron chi connectivity index (χ1n) is 4.11. The van der Waals surface area contributed by atoms with Crippen LogP contribution in [0.3, 0.4) is 0 Å². The third-order valence-electron chi connectivity index (χ3n) is 2.40. The number of likely N-dealkylation sites (tertiary alicyclic amines) is 1. The maximum atomic E-state index is 9.39. The zero-order valence-electron chi connectivity index (χ0n) is 7.11. The van der Waals surface area contributed by atoms with E-state index in [1.807, 2.05) is 0 Å². The lowest BCUT2D eigenvalue weighted by molar-refractivity contribution is -0.158. The molecule has 6 nitrogen and oxygen atoms in total. The Morgan fingerprint density at radius 3 is 2.15 bits per heavy atom. The van der Waals surface area contributed by atoms with Crippen LogP contribution in [0.2, 0.25) is 0 Å². The largest absolute Gasteiger partial charge is 0.395 e. The molecule has 1 heterocycles. The third-order valence-corrected chi connectivity index (χ3v) is 2.40. The summed E-state index contributed by atoms with van der Waals surface area (Å²) in [7, 11) is 0. The van der Waals surface area contributed by atoms with Crippen LogP contribution < -0.4 is 0 Å². The summed E-state index contributed by atoms with van der Waals surface area (Å²) >= 11 is 0. The number of β-amino-alcohol motifs (C(OH)–C–C–N with tert-alkyl or cyclic N) is 1. The summed E-state index contributed by atoms with van der Waals surface area (Å²) in [4.78, 5) is 1.31. The van der Waals surface area contributed by atoms with E-state index in [-0.39, 0.29) is 19.9 Å². The molecule has 1 aliphatic rings. The second-order valence-corrected chi connectivity index (χ2v) is 3.21. The number of aliphatic hydroxyl groups excluding tert-OH is 5. The smallest absolute Gasteiger partial charge is 0.109 e. The van der Waals surface area contributed by atoms with Gasteiger partial charge in [0.05, 0.1) is 25.5 Å². The highest BCUT2D eigenvalue weighted by Gasteiger charge is 2.40. The Morgan fingerprint density at radius 1 is 1.08 bits per heavy atom. The van der Waals surface area contributed by atoms with E-state index in [0.29, 0.717) is 0 Å². The Kier molecular flexibility index (Phi) is 3.60. The summed E-state index contributed by atoms with van der Waals surface area (Å²) in [6.07, 6.45) is -3.59. The van der Waals surface area contributed by atoms with Crippen molar-refractivity contribution in [2.75, 3.05) is 19.9 Å². The molecule has 4 unspecified atom stereocenters. The molecule has 0 saturated carbocycles. The predicted octanol–water partition coefficient (Wildman–Crippen LogP) is -3.30. The molecule has 4 atom stereocenters. The highest BCUT2D eigenvalue weighted by molar-refractivity contribution is 4.93. The van der Waals surface area contributed by atoms with Gasteiger partial charge >= 0.3 is 0 Å². The minimum atomic E-state index is -1.26. The third kappa shape index (κ3) is 1.98. The van der Waals surface area contributed by atoms with Gasteiger partial charge in [-0.3, -0.25) is 4.90 Å². The second-order valence-electron chi connectivity index (χ2n) is 3.21. The average molecular weight is 193 g/mol. The zero-order valence-corrected chi connectivity index (χ0v) is 7.11. The molecule has 1 saturated heterocycles. The fraction of sp³-hybridized carbons (Fsp3) is 1.00. The van der Waals surface area contributed by atoms with Crippen LogP contribution in [0.25, 0.3) is 0 Å². The van der Waals surface area contributed by atoms with Crippen LogP contribution in [0, 0.1) is 0 Å². The quantitative estimate of drug-likeness (QED) is 0.314. The van der Waals surface area contributed by atoms with Crippen LogP contribution in [-0.2, 0) is 0 Å². The van der Waals surface area contributed by atoms with Crippen molar-refractivity contribution in [2.45, 2.75) is 24.4 Å². The van der Waals surface area contributed by atoms with Crippen molar-refractivity contribution < 1.29 is 25.5 Å². The normalized spacial score (nSPS) is 42.2. The molecule has 13 heavy (non-hydrogen) atoms. The van der Waals surface area contributed by atoms with E-state index < -0.39 is 24.4 Å².